The summed E-state index contributed by atoms with van der Waals surface area (Å²) in [7, 11) is 0. The molecule has 3 heterocycles. The number of amides is 2. The molecule has 8 nitrogen and oxygen atoms in total. The van der Waals surface area contributed by atoms with Crippen molar-refractivity contribution < 1.29 is 9.59 Å². The number of nitrogens with zero attached hydrogens (tertiary/aromatic N) is 5. The predicted octanol–water partition coefficient (Wildman–Crippen LogP) is 0.857. The van der Waals surface area contributed by atoms with E-state index in [1.807, 2.05) is 6.92 Å². The van der Waals surface area contributed by atoms with E-state index >= 15 is 0 Å². The van der Waals surface area contributed by atoms with Crippen molar-refractivity contribution in [3.8, 4) is 0 Å². The number of aromatic nitrogens is 4. The third kappa shape index (κ3) is 3.45. The Morgan fingerprint density at radius 1 is 1.42 bits per heavy atom. The molecule has 1 fully saturated rings. The van der Waals surface area contributed by atoms with Crippen molar-refractivity contribution in [2.75, 3.05) is 13.1 Å². The van der Waals surface area contributed by atoms with E-state index in [9.17, 15) is 9.59 Å². The number of hydrogen-bond donors (Lipinski definition) is 1. The first-order valence-electron chi connectivity index (χ1n) is 7.85. The Kier molecular flexibility index (Phi) is 4.61. The first-order valence-corrected chi connectivity index (χ1v) is 8.67. The number of piperidine rings is 1. The highest BCUT2D eigenvalue weighted by molar-refractivity contribution is 7.11. The maximum Gasteiger partial charge on any atom is 0.276 e. The Hall–Kier alpha value is -2.29. The van der Waals surface area contributed by atoms with Gasteiger partial charge in [-0.2, -0.15) is 0 Å². The second-order valence-electron chi connectivity index (χ2n) is 6.05. The number of likely N-dealkylation sites (tertiary alicyclic amines) is 1. The van der Waals surface area contributed by atoms with Crippen LogP contribution in [0.4, 0.5) is 0 Å². The lowest BCUT2D eigenvalue weighted by Gasteiger charge is -2.31. The van der Waals surface area contributed by atoms with Gasteiger partial charge in [0.1, 0.15) is 6.54 Å². The van der Waals surface area contributed by atoms with Crippen LogP contribution in [0.1, 0.15) is 44.8 Å². The third-order valence-corrected chi connectivity index (χ3v) is 5.41. The van der Waals surface area contributed by atoms with Gasteiger partial charge in [0.15, 0.2) is 5.69 Å². The second-order valence-corrected chi connectivity index (χ2v) is 7.29. The Morgan fingerprint density at radius 3 is 2.88 bits per heavy atom. The van der Waals surface area contributed by atoms with Gasteiger partial charge in [-0.05, 0) is 26.7 Å². The van der Waals surface area contributed by atoms with Gasteiger partial charge < -0.3 is 10.6 Å². The molecule has 2 amide bonds. The summed E-state index contributed by atoms with van der Waals surface area (Å²) in [4.78, 5) is 31.2. The van der Waals surface area contributed by atoms with Crippen molar-refractivity contribution in [3.05, 3.63) is 27.5 Å². The average Bonchev–Trinajstić information content (AvgIpc) is 3.13. The lowest BCUT2D eigenvalue weighted by atomic mass is 9.98. The highest BCUT2D eigenvalue weighted by atomic mass is 32.1. The maximum atomic E-state index is 12.6. The van der Waals surface area contributed by atoms with Crippen molar-refractivity contribution >= 4 is 23.2 Å². The van der Waals surface area contributed by atoms with Crippen LogP contribution in [0.25, 0.3) is 0 Å². The SMILES string of the molecule is Cc1nc([C@H]2CCCN(C(=O)c3cn(CC(N)=O)nn3)C2)sc1C. The van der Waals surface area contributed by atoms with E-state index in [-0.39, 0.29) is 24.1 Å². The molecule has 0 bridgehead atoms. The molecule has 0 spiro atoms. The first kappa shape index (κ1) is 16.6. The fraction of sp³-hybridized carbons (Fsp3) is 0.533. The molecule has 2 aromatic rings. The normalized spacial score (nSPS) is 17.9. The Bertz CT molecular complexity index is 748. The predicted molar refractivity (Wildman–Crippen MR) is 88.7 cm³/mol. The molecule has 24 heavy (non-hydrogen) atoms. The molecular weight excluding hydrogens is 328 g/mol. The summed E-state index contributed by atoms with van der Waals surface area (Å²) in [6.45, 7) is 5.33. The summed E-state index contributed by atoms with van der Waals surface area (Å²) in [6, 6.07) is 0. The highest BCUT2D eigenvalue weighted by Crippen LogP contribution is 2.31. The zero-order chi connectivity index (χ0) is 17.3. The van der Waals surface area contributed by atoms with Gasteiger partial charge in [-0.25, -0.2) is 9.67 Å². The van der Waals surface area contributed by atoms with Crippen LogP contribution in [-0.2, 0) is 11.3 Å². The number of rotatable bonds is 4. The van der Waals surface area contributed by atoms with Crippen LogP contribution >= 0.6 is 11.3 Å². The summed E-state index contributed by atoms with van der Waals surface area (Å²) in [5.74, 6) is -0.423. The van der Waals surface area contributed by atoms with E-state index in [0.717, 1.165) is 23.5 Å². The number of thiazole rings is 1. The van der Waals surface area contributed by atoms with Crippen LogP contribution in [0, 0.1) is 13.8 Å². The average molecular weight is 348 g/mol. The number of nitrogens with two attached hydrogens (primary N) is 1. The zero-order valence-electron chi connectivity index (χ0n) is 13.7. The zero-order valence-corrected chi connectivity index (χ0v) is 14.5. The largest absolute Gasteiger partial charge is 0.368 e. The van der Waals surface area contributed by atoms with Crippen LogP contribution in [0.5, 0.6) is 0 Å². The van der Waals surface area contributed by atoms with Crippen LogP contribution < -0.4 is 5.73 Å². The Morgan fingerprint density at radius 2 is 2.21 bits per heavy atom. The van der Waals surface area contributed by atoms with Crippen molar-refractivity contribution in [2.45, 2.75) is 39.2 Å². The van der Waals surface area contributed by atoms with Crippen molar-refractivity contribution in [3.63, 3.8) is 0 Å². The molecule has 0 saturated carbocycles. The minimum Gasteiger partial charge on any atom is -0.368 e. The van der Waals surface area contributed by atoms with E-state index in [1.165, 1.54) is 15.8 Å². The smallest absolute Gasteiger partial charge is 0.276 e. The fourth-order valence-electron chi connectivity index (χ4n) is 2.83. The molecule has 2 aromatic heterocycles. The molecule has 2 N–H and O–H groups in total. The van der Waals surface area contributed by atoms with Gasteiger partial charge in [-0.15, -0.1) is 16.4 Å². The molecule has 1 aliphatic heterocycles. The van der Waals surface area contributed by atoms with Crippen LogP contribution in [0.2, 0.25) is 0 Å². The molecule has 3 rings (SSSR count). The monoisotopic (exact) mass is 348 g/mol. The fourth-order valence-corrected chi connectivity index (χ4v) is 3.88. The number of primary amides is 1. The third-order valence-electron chi connectivity index (χ3n) is 4.18. The lowest BCUT2D eigenvalue weighted by Crippen LogP contribution is -2.39. The lowest BCUT2D eigenvalue weighted by molar-refractivity contribution is -0.118. The molecule has 9 heteroatoms. The van der Waals surface area contributed by atoms with Gasteiger partial charge in [-0.1, -0.05) is 5.21 Å². The van der Waals surface area contributed by atoms with E-state index < -0.39 is 5.91 Å². The van der Waals surface area contributed by atoms with Gasteiger partial charge in [0.2, 0.25) is 5.91 Å². The van der Waals surface area contributed by atoms with Crippen LogP contribution in [-0.4, -0.2) is 49.8 Å². The second kappa shape index (κ2) is 6.68. The van der Waals surface area contributed by atoms with Crippen molar-refractivity contribution in [1.82, 2.24) is 24.9 Å². The Labute approximate surface area is 143 Å². The number of hydrogen-bond acceptors (Lipinski definition) is 6. The van der Waals surface area contributed by atoms with Crippen LogP contribution in [0.3, 0.4) is 0 Å². The molecule has 0 unspecified atom stereocenters. The molecular formula is C15H20N6O2S. The number of carbonyl (C=O) groups excluding carboxylic acids is 2. The van der Waals surface area contributed by atoms with Gasteiger partial charge in [-0.3, -0.25) is 9.59 Å². The maximum absolute atomic E-state index is 12.6. The summed E-state index contributed by atoms with van der Waals surface area (Å²) in [5.41, 5.74) is 6.42. The highest BCUT2D eigenvalue weighted by Gasteiger charge is 2.28. The van der Waals surface area contributed by atoms with E-state index in [4.69, 9.17) is 5.73 Å². The van der Waals surface area contributed by atoms with E-state index in [2.05, 4.69) is 22.2 Å². The molecule has 0 aromatic carbocycles. The Balaban J connectivity index is 1.70. The van der Waals surface area contributed by atoms with Crippen LogP contribution in [0.15, 0.2) is 6.20 Å². The summed E-state index contributed by atoms with van der Waals surface area (Å²) < 4.78 is 1.28. The summed E-state index contributed by atoms with van der Waals surface area (Å²) >= 11 is 1.71. The molecule has 1 aliphatic rings. The standard InChI is InChI=1S/C15H20N6O2S/c1-9-10(2)24-14(17-9)11-4-3-5-20(6-11)15(23)12-7-21(19-18-12)8-13(16)22/h7,11H,3-6,8H2,1-2H3,(H2,16,22)/t11-/m0/s1. The molecule has 0 aliphatic carbocycles. The van der Waals surface area contributed by atoms with Gasteiger partial charge in [0.05, 0.1) is 16.9 Å². The number of carbonyl (C=O) groups is 2. The first-order chi connectivity index (χ1) is 11.4. The van der Waals surface area contributed by atoms with Gasteiger partial charge >= 0.3 is 0 Å². The van der Waals surface area contributed by atoms with Crippen molar-refractivity contribution in [2.24, 2.45) is 5.73 Å². The van der Waals surface area contributed by atoms with Gasteiger partial charge in [0, 0.05) is 23.9 Å². The van der Waals surface area contributed by atoms with Crippen molar-refractivity contribution in [1.29, 1.82) is 0 Å². The quantitative estimate of drug-likeness (QED) is 0.882. The molecule has 1 saturated heterocycles. The summed E-state index contributed by atoms with van der Waals surface area (Å²) in [6.07, 6.45) is 3.43. The summed E-state index contributed by atoms with van der Waals surface area (Å²) in [5, 5.41) is 8.73. The minimum absolute atomic E-state index is 0.0828. The van der Waals surface area contributed by atoms with Gasteiger partial charge in [0.25, 0.3) is 5.91 Å². The minimum atomic E-state index is -0.522. The molecule has 1 atom stereocenters. The topological polar surface area (TPSA) is 107 Å². The van der Waals surface area contributed by atoms with E-state index in [1.54, 1.807) is 16.2 Å². The molecule has 0 radical (unpaired) electrons. The van der Waals surface area contributed by atoms with E-state index in [0.29, 0.717) is 13.1 Å². The number of aryl methyl sites for hydroxylation is 2. The molecule has 128 valence electrons.